The van der Waals surface area contributed by atoms with E-state index in [0.29, 0.717) is 6.61 Å². The Labute approximate surface area is 142 Å². The molecule has 2 aliphatic rings. The number of aryl methyl sites for hydroxylation is 1. The predicted octanol–water partition coefficient (Wildman–Crippen LogP) is 2.93. The minimum Gasteiger partial charge on any atom is -0.472 e. The van der Waals surface area contributed by atoms with Crippen molar-refractivity contribution in [1.82, 2.24) is 9.88 Å². The molecule has 1 spiro atoms. The van der Waals surface area contributed by atoms with Gasteiger partial charge in [0.25, 0.3) is 0 Å². The molecule has 0 saturated carbocycles. The molecule has 4 heterocycles. The molecular weight excluding hydrogens is 304 g/mol. The van der Waals surface area contributed by atoms with Crippen molar-refractivity contribution in [3.05, 3.63) is 53.7 Å². The molecule has 24 heavy (non-hydrogen) atoms. The monoisotopic (exact) mass is 328 g/mol. The van der Waals surface area contributed by atoms with Crippen LogP contribution >= 0.6 is 0 Å². The number of hydrogen-bond acceptors (Lipinski definition) is 5. The summed E-state index contributed by atoms with van der Waals surface area (Å²) in [7, 11) is 0. The maximum Gasteiger partial charge on any atom is 0.0959 e. The maximum absolute atomic E-state index is 6.12. The molecule has 0 radical (unpaired) electrons. The van der Waals surface area contributed by atoms with E-state index in [4.69, 9.17) is 13.9 Å². The molecule has 0 aliphatic carbocycles. The standard InChI is InChI=1S/C19H24N2O3/c1-15-3-2-4-17(20-15)12-23-18-6-8-24-19(9-18)13-21(14-19)10-16-5-7-22-11-16/h2-5,7,11,18H,6,8-10,12-14H2,1H3/t18-/m0/s1. The fourth-order valence-electron chi connectivity index (χ4n) is 3.75. The topological polar surface area (TPSA) is 47.7 Å². The fraction of sp³-hybridized carbons (Fsp3) is 0.526. The Balaban J connectivity index is 1.27. The zero-order valence-electron chi connectivity index (χ0n) is 14.1. The van der Waals surface area contributed by atoms with Gasteiger partial charge >= 0.3 is 0 Å². The largest absolute Gasteiger partial charge is 0.472 e. The zero-order valence-corrected chi connectivity index (χ0v) is 14.1. The minimum atomic E-state index is -0.0211. The van der Waals surface area contributed by atoms with E-state index in [9.17, 15) is 0 Å². The Hall–Kier alpha value is -1.69. The lowest BCUT2D eigenvalue weighted by Gasteiger charge is -2.53. The van der Waals surface area contributed by atoms with Gasteiger partial charge in [-0.3, -0.25) is 9.88 Å². The predicted molar refractivity (Wildman–Crippen MR) is 89.5 cm³/mol. The molecule has 128 valence electrons. The van der Waals surface area contributed by atoms with Crippen LogP contribution in [-0.2, 0) is 22.6 Å². The van der Waals surface area contributed by atoms with Gasteiger partial charge < -0.3 is 13.9 Å². The highest BCUT2D eigenvalue weighted by molar-refractivity contribution is 5.10. The summed E-state index contributed by atoms with van der Waals surface area (Å²) in [6, 6.07) is 8.09. The lowest BCUT2D eigenvalue weighted by Crippen LogP contribution is -2.65. The van der Waals surface area contributed by atoms with Crippen molar-refractivity contribution < 1.29 is 13.9 Å². The highest BCUT2D eigenvalue weighted by Crippen LogP contribution is 2.36. The zero-order chi connectivity index (χ0) is 16.4. The molecule has 2 saturated heterocycles. The van der Waals surface area contributed by atoms with Crippen molar-refractivity contribution in [3.63, 3.8) is 0 Å². The van der Waals surface area contributed by atoms with Gasteiger partial charge in [-0.1, -0.05) is 6.07 Å². The van der Waals surface area contributed by atoms with Gasteiger partial charge in [0.2, 0.25) is 0 Å². The molecule has 0 N–H and O–H groups in total. The van der Waals surface area contributed by atoms with Crippen LogP contribution < -0.4 is 0 Å². The molecule has 4 rings (SSSR count). The lowest BCUT2D eigenvalue weighted by molar-refractivity contribution is -0.200. The van der Waals surface area contributed by atoms with E-state index >= 15 is 0 Å². The molecule has 5 nitrogen and oxygen atoms in total. The van der Waals surface area contributed by atoms with Gasteiger partial charge in [-0.2, -0.15) is 0 Å². The van der Waals surface area contributed by atoms with Gasteiger partial charge in [0.15, 0.2) is 0 Å². The number of furan rings is 1. The number of pyridine rings is 1. The van der Waals surface area contributed by atoms with Crippen LogP contribution in [0.15, 0.2) is 41.2 Å². The summed E-state index contributed by atoms with van der Waals surface area (Å²) in [6.07, 6.45) is 5.74. The first-order valence-corrected chi connectivity index (χ1v) is 8.62. The van der Waals surface area contributed by atoms with Crippen LogP contribution in [0.3, 0.4) is 0 Å². The van der Waals surface area contributed by atoms with Crippen molar-refractivity contribution in [2.75, 3.05) is 19.7 Å². The summed E-state index contributed by atoms with van der Waals surface area (Å²) in [4.78, 5) is 6.91. The van der Waals surface area contributed by atoms with E-state index in [2.05, 4.69) is 9.88 Å². The molecule has 0 amide bonds. The number of nitrogens with zero attached hydrogens (tertiary/aromatic N) is 2. The van der Waals surface area contributed by atoms with Gasteiger partial charge in [0.05, 0.1) is 36.5 Å². The summed E-state index contributed by atoms with van der Waals surface area (Å²) >= 11 is 0. The third-order valence-corrected chi connectivity index (χ3v) is 4.87. The van der Waals surface area contributed by atoms with Gasteiger partial charge in [0, 0.05) is 43.9 Å². The molecule has 0 bridgehead atoms. The Morgan fingerprint density at radius 1 is 1.33 bits per heavy atom. The Morgan fingerprint density at radius 2 is 2.25 bits per heavy atom. The van der Waals surface area contributed by atoms with Crippen LogP contribution in [0.4, 0.5) is 0 Å². The lowest BCUT2D eigenvalue weighted by atomic mass is 9.84. The van der Waals surface area contributed by atoms with E-state index < -0.39 is 0 Å². The van der Waals surface area contributed by atoms with E-state index in [0.717, 1.165) is 50.5 Å². The summed E-state index contributed by atoms with van der Waals surface area (Å²) in [6.45, 7) is 6.25. The summed E-state index contributed by atoms with van der Waals surface area (Å²) in [5.41, 5.74) is 3.24. The second kappa shape index (κ2) is 6.67. The minimum absolute atomic E-state index is 0.0211. The van der Waals surface area contributed by atoms with Crippen molar-refractivity contribution in [3.8, 4) is 0 Å². The fourth-order valence-corrected chi connectivity index (χ4v) is 3.75. The smallest absolute Gasteiger partial charge is 0.0959 e. The second-order valence-corrected chi connectivity index (χ2v) is 7.00. The molecule has 2 aromatic heterocycles. The maximum atomic E-state index is 6.12. The van der Waals surface area contributed by atoms with Crippen molar-refractivity contribution in [2.45, 2.75) is 44.6 Å². The Morgan fingerprint density at radius 3 is 3.04 bits per heavy atom. The van der Waals surface area contributed by atoms with Crippen molar-refractivity contribution >= 4 is 0 Å². The average Bonchev–Trinajstić information content (AvgIpc) is 3.05. The molecule has 0 unspecified atom stereocenters. The number of ether oxygens (including phenoxy) is 2. The molecule has 2 fully saturated rings. The highest BCUT2D eigenvalue weighted by Gasteiger charge is 2.47. The Kier molecular flexibility index (Phi) is 4.39. The second-order valence-electron chi connectivity index (χ2n) is 7.00. The summed E-state index contributed by atoms with van der Waals surface area (Å²) in [5, 5.41) is 0. The first-order chi connectivity index (χ1) is 11.7. The molecule has 1 atom stereocenters. The normalized spacial score (nSPS) is 23.3. The molecule has 2 aromatic rings. The molecule has 2 aliphatic heterocycles. The third-order valence-electron chi connectivity index (χ3n) is 4.87. The highest BCUT2D eigenvalue weighted by atomic mass is 16.5. The van der Waals surface area contributed by atoms with Gasteiger partial charge in [-0.05, 0) is 31.5 Å². The van der Waals surface area contributed by atoms with E-state index in [1.165, 1.54) is 5.56 Å². The van der Waals surface area contributed by atoms with Crippen LogP contribution in [0.1, 0.15) is 29.8 Å². The van der Waals surface area contributed by atoms with Gasteiger partial charge in [0.1, 0.15) is 0 Å². The quantitative estimate of drug-likeness (QED) is 0.844. The number of rotatable bonds is 5. The van der Waals surface area contributed by atoms with Crippen LogP contribution in [-0.4, -0.2) is 41.3 Å². The molecule has 0 aromatic carbocycles. The van der Waals surface area contributed by atoms with Crippen LogP contribution in [0.2, 0.25) is 0 Å². The Bertz CT molecular complexity index is 665. The van der Waals surface area contributed by atoms with Crippen molar-refractivity contribution in [1.29, 1.82) is 0 Å². The van der Waals surface area contributed by atoms with E-state index in [-0.39, 0.29) is 11.7 Å². The van der Waals surface area contributed by atoms with Gasteiger partial charge in [-0.15, -0.1) is 0 Å². The first kappa shape index (κ1) is 15.8. The number of aromatic nitrogens is 1. The summed E-state index contributed by atoms with van der Waals surface area (Å²) < 4.78 is 17.3. The SMILES string of the molecule is Cc1cccc(CO[C@H]2CCOC3(C2)CN(Cc2ccoc2)C3)n1. The summed E-state index contributed by atoms with van der Waals surface area (Å²) in [5.74, 6) is 0. The molecular formula is C19H24N2O3. The van der Waals surface area contributed by atoms with Crippen LogP contribution in [0.5, 0.6) is 0 Å². The van der Waals surface area contributed by atoms with Gasteiger partial charge in [-0.25, -0.2) is 0 Å². The van der Waals surface area contributed by atoms with Crippen LogP contribution in [0, 0.1) is 6.92 Å². The number of likely N-dealkylation sites (tertiary alicyclic amines) is 1. The van der Waals surface area contributed by atoms with E-state index in [1.807, 2.05) is 37.5 Å². The van der Waals surface area contributed by atoms with Crippen LogP contribution in [0.25, 0.3) is 0 Å². The first-order valence-electron chi connectivity index (χ1n) is 8.62. The third kappa shape index (κ3) is 3.53. The number of hydrogen-bond donors (Lipinski definition) is 0. The van der Waals surface area contributed by atoms with Crippen molar-refractivity contribution in [2.24, 2.45) is 0 Å². The molecule has 5 heteroatoms. The van der Waals surface area contributed by atoms with E-state index in [1.54, 1.807) is 6.26 Å². The average molecular weight is 328 g/mol.